The molecule has 5 nitrogen and oxygen atoms in total. The van der Waals surface area contributed by atoms with E-state index in [4.69, 9.17) is 0 Å². The molecule has 20 heavy (non-hydrogen) atoms. The molecular weight excluding hydrogens is 296 g/mol. The van der Waals surface area contributed by atoms with Gasteiger partial charge < -0.3 is 0 Å². The Balaban J connectivity index is 2.28. The minimum atomic E-state index is -3.89. The van der Waals surface area contributed by atoms with Crippen molar-refractivity contribution >= 4 is 19.9 Å². The molecule has 1 aromatic rings. The van der Waals surface area contributed by atoms with E-state index < -0.39 is 19.9 Å². The summed E-state index contributed by atoms with van der Waals surface area (Å²) in [5.41, 5.74) is 2.16. The average Bonchev–Trinajstić information content (AvgIpc) is 2.37. The van der Waals surface area contributed by atoms with Crippen molar-refractivity contribution in [1.29, 1.82) is 0 Å². The number of nitrogens with zero attached hydrogens (tertiary/aromatic N) is 1. The SMILES string of the molecule is CCS(C)(=O)=NS(=O)(=O)NC1CCCc2ccccc21. The van der Waals surface area contributed by atoms with Gasteiger partial charge in [0.25, 0.3) is 0 Å². The lowest BCUT2D eigenvalue weighted by atomic mass is 9.88. The third kappa shape index (κ3) is 3.80. The van der Waals surface area contributed by atoms with E-state index in [0.717, 1.165) is 24.8 Å². The largest absolute Gasteiger partial charge is 0.328 e. The van der Waals surface area contributed by atoms with Gasteiger partial charge in [-0.2, -0.15) is 13.1 Å². The van der Waals surface area contributed by atoms with Crippen LogP contribution in [0.4, 0.5) is 0 Å². The maximum atomic E-state index is 12.0. The lowest BCUT2D eigenvalue weighted by Crippen LogP contribution is -2.30. The summed E-state index contributed by atoms with van der Waals surface area (Å²) in [7, 11) is -6.57. The number of fused-ring (bicyclic) bond motifs is 1. The van der Waals surface area contributed by atoms with Crippen LogP contribution in [0.2, 0.25) is 0 Å². The summed E-state index contributed by atoms with van der Waals surface area (Å²) in [6.45, 7) is 1.66. The van der Waals surface area contributed by atoms with E-state index in [0.29, 0.717) is 0 Å². The van der Waals surface area contributed by atoms with E-state index in [1.807, 2.05) is 24.3 Å². The molecule has 0 heterocycles. The maximum Gasteiger partial charge on any atom is 0.328 e. The Kier molecular flexibility index (Phi) is 4.51. The van der Waals surface area contributed by atoms with E-state index in [9.17, 15) is 12.6 Å². The summed E-state index contributed by atoms with van der Waals surface area (Å²) in [5.74, 6) is 0.217. The maximum absolute atomic E-state index is 12.0. The summed E-state index contributed by atoms with van der Waals surface area (Å²) >= 11 is 0. The van der Waals surface area contributed by atoms with Crippen LogP contribution in [-0.4, -0.2) is 24.6 Å². The summed E-state index contributed by atoms with van der Waals surface area (Å²) in [4.78, 5) is 0. The molecule has 7 heteroatoms. The highest BCUT2D eigenvalue weighted by molar-refractivity contribution is 8.02. The average molecular weight is 316 g/mol. The molecule has 1 aliphatic rings. The smallest absolute Gasteiger partial charge is 0.249 e. The van der Waals surface area contributed by atoms with Gasteiger partial charge in [-0.3, -0.25) is 0 Å². The zero-order valence-electron chi connectivity index (χ0n) is 11.7. The normalized spacial score (nSPS) is 21.8. The first-order chi connectivity index (χ1) is 9.33. The van der Waals surface area contributed by atoms with Crippen molar-refractivity contribution in [1.82, 2.24) is 4.72 Å². The van der Waals surface area contributed by atoms with Gasteiger partial charge in [-0.25, -0.2) is 4.21 Å². The molecule has 0 saturated carbocycles. The molecule has 0 aromatic heterocycles. The van der Waals surface area contributed by atoms with Gasteiger partial charge in [0.05, 0.1) is 9.73 Å². The molecule has 2 atom stereocenters. The molecule has 0 radical (unpaired) electrons. The molecule has 0 aliphatic heterocycles. The Bertz CT molecular complexity index is 704. The van der Waals surface area contributed by atoms with Crippen LogP contribution in [0.1, 0.15) is 36.9 Å². The van der Waals surface area contributed by atoms with Crippen molar-refractivity contribution in [2.24, 2.45) is 3.77 Å². The molecule has 112 valence electrons. The number of hydrogen-bond donors (Lipinski definition) is 1. The fourth-order valence-corrected chi connectivity index (χ4v) is 5.20. The van der Waals surface area contributed by atoms with Crippen molar-refractivity contribution in [3.63, 3.8) is 0 Å². The monoisotopic (exact) mass is 316 g/mol. The molecule has 2 unspecified atom stereocenters. The second-order valence-electron chi connectivity index (χ2n) is 5.06. The molecule has 0 bridgehead atoms. The van der Waals surface area contributed by atoms with Crippen molar-refractivity contribution in [3.8, 4) is 0 Å². The van der Waals surface area contributed by atoms with Crippen LogP contribution in [0.15, 0.2) is 28.0 Å². The predicted molar refractivity (Wildman–Crippen MR) is 81.2 cm³/mol. The Labute approximate surface area is 121 Å². The van der Waals surface area contributed by atoms with Gasteiger partial charge in [-0.1, -0.05) is 35.0 Å². The highest BCUT2D eigenvalue weighted by atomic mass is 32.3. The molecular formula is C13H20N2O3S2. The third-order valence-electron chi connectivity index (χ3n) is 3.45. The lowest BCUT2D eigenvalue weighted by Gasteiger charge is -2.25. The van der Waals surface area contributed by atoms with E-state index in [1.165, 1.54) is 11.8 Å². The highest BCUT2D eigenvalue weighted by Gasteiger charge is 2.24. The van der Waals surface area contributed by atoms with Crippen LogP contribution < -0.4 is 4.72 Å². The molecule has 0 fully saturated rings. The van der Waals surface area contributed by atoms with Gasteiger partial charge in [0, 0.05) is 18.1 Å². The van der Waals surface area contributed by atoms with Crippen molar-refractivity contribution < 1.29 is 12.6 Å². The number of hydrogen-bond acceptors (Lipinski definition) is 3. The highest BCUT2D eigenvalue weighted by Crippen LogP contribution is 2.30. The summed E-state index contributed by atoms with van der Waals surface area (Å²) in [6, 6.07) is 7.53. The van der Waals surface area contributed by atoms with Gasteiger partial charge in [0.1, 0.15) is 0 Å². The molecule has 0 spiro atoms. The van der Waals surface area contributed by atoms with E-state index in [2.05, 4.69) is 8.49 Å². The molecule has 2 rings (SSSR count). The number of nitrogens with one attached hydrogen (secondary N) is 1. The van der Waals surface area contributed by atoms with Crippen LogP contribution in [0.25, 0.3) is 0 Å². The number of benzene rings is 1. The molecule has 1 aromatic carbocycles. The third-order valence-corrected chi connectivity index (χ3v) is 7.15. The predicted octanol–water partition coefficient (Wildman–Crippen LogP) is 2.02. The molecule has 0 saturated heterocycles. The second-order valence-corrected chi connectivity index (χ2v) is 9.34. The summed E-state index contributed by atoms with van der Waals surface area (Å²) in [6.07, 6.45) is 3.99. The van der Waals surface area contributed by atoms with Gasteiger partial charge in [0.2, 0.25) is 0 Å². The molecule has 1 N–H and O–H groups in total. The van der Waals surface area contributed by atoms with Crippen LogP contribution in [-0.2, 0) is 26.4 Å². The fraction of sp³-hybridized carbons (Fsp3) is 0.538. The van der Waals surface area contributed by atoms with Crippen LogP contribution in [0, 0.1) is 0 Å². The zero-order chi connectivity index (χ0) is 14.8. The number of rotatable bonds is 4. The summed E-state index contributed by atoms with van der Waals surface area (Å²) < 4.78 is 42.0. The zero-order valence-corrected chi connectivity index (χ0v) is 13.3. The fourth-order valence-electron chi connectivity index (χ4n) is 2.34. The van der Waals surface area contributed by atoms with Gasteiger partial charge in [0.15, 0.2) is 0 Å². The molecule has 1 aliphatic carbocycles. The Morgan fingerprint density at radius 3 is 2.70 bits per heavy atom. The Morgan fingerprint density at radius 2 is 2.00 bits per heavy atom. The standard InChI is InChI=1S/C13H20N2O3S2/c1-3-19(2,16)15-20(17,18)14-13-10-6-8-11-7-4-5-9-12(11)13/h4-5,7,9,13-14H,3,6,8,10H2,1-2H3. The van der Waals surface area contributed by atoms with Gasteiger partial charge >= 0.3 is 10.2 Å². The van der Waals surface area contributed by atoms with Gasteiger partial charge in [-0.05, 0) is 30.4 Å². The topological polar surface area (TPSA) is 75.6 Å². The van der Waals surface area contributed by atoms with Crippen LogP contribution >= 0.6 is 0 Å². The molecule has 0 amide bonds. The van der Waals surface area contributed by atoms with E-state index >= 15 is 0 Å². The Morgan fingerprint density at radius 1 is 1.30 bits per heavy atom. The van der Waals surface area contributed by atoms with Crippen molar-refractivity contribution in [2.45, 2.75) is 32.2 Å². The Hall–Kier alpha value is -0.920. The van der Waals surface area contributed by atoms with E-state index in [-0.39, 0.29) is 11.8 Å². The van der Waals surface area contributed by atoms with Crippen molar-refractivity contribution in [3.05, 3.63) is 35.4 Å². The van der Waals surface area contributed by atoms with Crippen LogP contribution in [0.3, 0.4) is 0 Å². The minimum Gasteiger partial charge on any atom is -0.249 e. The van der Waals surface area contributed by atoms with Crippen LogP contribution in [0.5, 0.6) is 0 Å². The van der Waals surface area contributed by atoms with E-state index in [1.54, 1.807) is 6.92 Å². The van der Waals surface area contributed by atoms with Crippen molar-refractivity contribution in [2.75, 3.05) is 12.0 Å². The first-order valence-electron chi connectivity index (χ1n) is 6.64. The first-order valence-corrected chi connectivity index (χ1v) is 10.2. The lowest BCUT2D eigenvalue weighted by molar-refractivity contribution is 0.508. The quantitative estimate of drug-likeness (QED) is 0.923. The minimum absolute atomic E-state index is 0.217. The summed E-state index contributed by atoms with van der Waals surface area (Å²) in [5, 5.41) is 0. The van der Waals surface area contributed by atoms with Gasteiger partial charge in [-0.15, -0.1) is 0 Å². The first kappa shape index (κ1) is 15.5. The second kappa shape index (κ2) is 5.83. The number of aryl methyl sites for hydroxylation is 1.